The van der Waals surface area contributed by atoms with Gasteiger partial charge >= 0.3 is 5.97 Å². The third kappa shape index (κ3) is 3.12. The molecule has 0 aliphatic carbocycles. The largest absolute Gasteiger partial charge is 0.478 e. The molecule has 2 aromatic rings. The van der Waals surface area contributed by atoms with Crippen molar-refractivity contribution in [2.45, 2.75) is 0 Å². The molecule has 1 aromatic carbocycles. The highest BCUT2D eigenvalue weighted by atomic mass is 79.9. The van der Waals surface area contributed by atoms with Gasteiger partial charge in [0.15, 0.2) is 0 Å². The van der Waals surface area contributed by atoms with Crippen LogP contribution in [0.4, 0.5) is 11.4 Å². The number of anilines is 2. The number of carbonyl (C=O) groups excluding carboxylic acids is 1. The Hall–Kier alpha value is -2.41. The summed E-state index contributed by atoms with van der Waals surface area (Å²) in [5.74, 6) is -1.62. The molecule has 0 spiro atoms. The van der Waals surface area contributed by atoms with Crippen molar-refractivity contribution in [3.63, 3.8) is 0 Å². The van der Waals surface area contributed by atoms with Crippen molar-refractivity contribution in [2.75, 3.05) is 11.1 Å². The Labute approximate surface area is 122 Å². The third-order valence-electron chi connectivity index (χ3n) is 2.49. The molecule has 0 bridgehead atoms. The van der Waals surface area contributed by atoms with Gasteiger partial charge in [-0.1, -0.05) is 0 Å². The number of nitrogens with one attached hydrogen (secondary N) is 1. The first-order valence-electron chi connectivity index (χ1n) is 5.52. The van der Waals surface area contributed by atoms with Crippen molar-refractivity contribution in [1.82, 2.24) is 4.98 Å². The molecule has 0 aliphatic heterocycles. The summed E-state index contributed by atoms with van der Waals surface area (Å²) in [6, 6.07) is 5.83. The SMILES string of the molecule is Nc1ccc(NC(=O)c2cncc(Br)c2)c(C(=O)O)c1. The van der Waals surface area contributed by atoms with Crippen LogP contribution in [0.2, 0.25) is 0 Å². The number of amides is 1. The van der Waals surface area contributed by atoms with Crippen molar-refractivity contribution in [3.05, 3.63) is 52.3 Å². The second-order valence-electron chi connectivity index (χ2n) is 3.96. The number of benzene rings is 1. The number of nitrogen functional groups attached to an aromatic ring is 1. The standard InChI is InChI=1S/C13H10BrN3O3/c14-8-3-7(5-16-6-8)12(18)17-11-2-1-9(15)4-10(11)13(19)20/h1-6H,15H2,(H,17,18)(H,19,20). The summed E-state index contributed by atoms with van der Waals surface area (Å²) in [6.07, 6.45) is 2.93. The van der Waals surface area contributed by atoms with E-state index in [0.717, 1.165) is 0 Å². The molecule has 20 heavy (non-hydrogen) atoms. The molecule has 0 saturated heterocycles. The van der Waals surface area contributed by atoms with E-state index in [0.29, 0.717) is 15.7 Å². The lowest BCUT2D eigenvalue weighted by Gasteiger charge is -2.09. The molecular formula is C13H10BrN3O3. The Morgan fingerprint density at radius 3 is 2.65 bits per heavy atom. The summed E-state index contributed by atoms with van der Waals surface area (Å²) in [5.41, 5.74) is 6.27. The van der Waals surface area contributed by atoms with Gasteiger partial charge in [0.05, 0.1) is 16.8 Å². The zero-order valence-electron chi connectivity index (χ0n) is 10.1. The minimum absolute atomic E-state index is 0.0682. The van der Waals surface area contributed by atoms with Crippen molar-refractivity contribution >= 4 is 39.2 Å². The van der Waals surface area contributed by atoms with Crippen LogP contribution in [0.1, 0.15) is 20.7 Å². The first kappa shape index (κ1) is 14.0. The fourth-order valence-corrected chi connectivity index (χ4v) is 1.94. The first-order chi connectivity index (χ1) is 9.47. The number of aromatic nitrogens is 1. The van der Waals surface area contributed by atoms with Crippen LogP contribution in [0.25, 0.3) is 0 Å². The van der Waals surface area contributed by atoms with E-state index in [1.807, 2.05) is 0 Å². The number of aromatic carboxylic acids is 1. The number of carboxylic acids is 1. The van der Waals surface area contributed by atoms with Gasteiger partial charge in [0.25, 0.3) is 5.91 Å². The molecule has 2 rings (SSSR count). The average Bonchev–Trinajstić information content (AvgIpc) is 2.40. The normalized spacial score (nSPS) is 10.1. The van der Waals surface area contributed by atoms with Gasteiger partial charge in [-0.05, 0) is 40.2 Å². The number of rotatable bonds is 3. The van der Waals surface area contributed by atoms with Crippen molar-refractivity contribution in [2.24, 2.45) is 0 Å². The van der Waals surface area contributed by atoms with Gasteiger partial charge in [-0.15, -0.1) is 0 Å². The van der Waals surface area contributed by atoms with Gasteiger partial charge in [-0.25, -0.2) is 4.79 Å². The molecule has 0 atom stereocenters. The van der Waals surface area contributed by atoms with E-state index in [9.17, 15) is 9.59 Å². The zero-order chi connectivity index (χ0) is 14.7. The van der Waals surface area contributed by atoms with Crippen LogP contribution < -0.4 is 11.1 Å². The van der Waals surface area contributed by atoms with Crippen LogP contribution >= 0.6 is 15.9 Å². The number of carbonyl (C=O) groups is 2. The lowest BCUT2D eigenvalue weighted by atomic mass is 10.1. The maximum absolute atomic E-state index is 12.0. The fraction of sp³-hybridized carbons (Fsp3) is 0. The molecular weight excluding hydrogens is 326 g/mol. The van der Waals surface area contributed by atoms with Crippen LogP contribution in [-0.2, 0) is 0 Å². The molecule has 7 heteroatoms. The maximum atomic E-state index is 12.0. The van der Waals surface area contributed by atoms with E-state index in [-0.39, 0.29) is 11.3 Å². The molecule has 0 radical (unpaired) electrons. The maximum Gasteiger partial charge on any atom is 0.337 e. The topological polar surface area (TPSA) is 105 Å². The van der Waals surface area contributed by atoms with Gasteiger partial charge in [0.2, 0.25) is 0 Å². The fourth-order valence-electron chi connectivity index (χ4n) is 1.58. The lowest BCUT2D eigenvalue weighted by molar-refractivity contribution is 0.0698. The van der Waals surface area contributed by atoms with Crippen molar-refractivity contribution < 1.29 is 14.7 Å². The van der Waals surface area contributed by atoms with Gasteiger partial charge < -0.3 is 16.2 Å². The Bertz CT molecular complexity index is 688. The molecule has 0 fully saturated rings. The molecule has 4 N–H and O–H groups in total. The summed E-state index contributed by atoms with van der Waals surface area (Å²) in [6.45, 7) is 0. The Morgan fingerprint density at radius 2 is 2.00 bits per heavy atom. The Morgan fingerprint density at radius 1 is 1.25 bits per heavy atom. The van der Waals surface area contributed by atoms with E-state index >= 15 is 0 Å². The number of halogens is 1. The van der Waals surface area contributed by atoms with Gasteiger partial charge in [-0.2, -0.15) is 0 Å². The van der Waals surface area contributed by atoms with Gasteiger partial charge in [0, 0.05) is 22.6 Å². The number of nitrogens with two attached hydrogens (primary N) is 1. The zero-order valence-corrected chi connectivity index (χ0v) is 11.7. The number of hydrogen-bond donors (Lipinski definition) is 3. The molecule has 6 nitrogen and oxygen atoms in total. The van der Waals surface area contributed by atoms with Gasteiger partial charge in [0.1, 0.15) is 0 Å². The molecule has 0 saturated carbocycles. The number of hydrogen-bond acceptors (Lipinski definition) is 4. The van der Waals surface area contributed by atoms with Gasteiger partial charge in [-0.3, -0.25) is 9.78 Å². The summed E-state index contributed by atoms with van der Waals surface area (Å²) in [5, 5.41) is 11.6. The monoisotopic (exact) mass is 335 g/mol. The first-order valence-corrected chi connectivity index (χ1v) is 6.31. The predicted octanol–water partition coefficient (Wildman–Crippen LogP) is 2.38. The summed E-state index contributed by atoms with van der Waals surface area (Å²) >= 11 is 3.21. The summed E-state index contributed by atoms with van der Waals surface area (Å²) < 4.78 is 0.654. The second-order valence-corrected chi connectivity index (χ2v) is 4.87. The quantitative estimate of drug-likeness (QED) is 0.747. The Kier molecular flexibility index (Phi) is 3.99. The van der Waals surface area contributed by atoms with Crippen LogP contribution in [0, 0.1) is 0 Å². The third-order valence-corrected chi connectivity index (χ3v) is 2.92. The van der Waals surface area contributed by atoms with Crippen LogP contribution in [0.5, 0.6) is 0 Å². The predicted molar refractivity (Wildman–Crippen MR) is 77.7 cm³/mol. The highest BCUT2D eigenvalue weighted by Crippen LogP contribution is 2.20. The van der Waals surface area contributed by atoms with E-state index in [2.05, 4.69) is 26.2 Å². The molecule has 0 aliphatic rings. The second kappa shape index (κ2) is 5.70. The van der Waals surface area contributed by atoms with Crippen molar-refractivity contribution in [1.29, 1.82) is 0 Å². The molecule has 1 aromatic heterocycles. The molecule has 1 amide bonds. The highest BCUT2D eigenvalue weighted by molar-refractivity contribution is 9.10. The van der Waals surface area contributed by atoms with Crippen LogP contribution in [0.15, 0.2) is 41.1 Å². The summed E-state index contributed by atoms with van der Waals surface area (Å²) in [4.78, 5) is 27.0. The minimum atomic E-state index is -1.17. The average molecular weight is 336 g/mol. The van der Waals surface area contributed by atoms with E-state index in [1.165, 1.54) is 24.4 Å². The highest BCUT2D eigenvalue weighted by Gasteiger charge is 2.14. The van der Waals surface area contributed by atoms with E-state index in [4.69, 9.17) is 10.8 Å². The minimum Gasteiger partial charge on any atom is -0.478 e. The molecule has 102 valence electrons. The smallest absolute Gasteiger partial charge is 0.337 e. The van der Waals surface area contributed by atoms with E-state index in [1.54, 1.807) is 12.3 Å². The number of nitrogens with zero attached hydrogens (tertiary/aromatic N) is 1. The van der Waals surface area contributed by atoms with Crippen LogP contribution in [0.3, 0.4) is 0 Å². The number of pyridine rings is 1. The van der Waals surface area contributed by atoms with E-state index < -0.39 is 11.9 Å². The van der Waals surface area contributed by atoms with Crippen molar-refractivity contribution in [3.8, 4) is 0 Å². The summed E-state index contributed by atoms with van der Waals surface area (Å²) in [7, 11) is 0. The number of carboxylic acid groups (broad SMARTS) is 1. The molecule has 1 heterocycles. The lowest BCUT2D eigenvalue weighted by Crippen LogP contribution is -2.15. The van der Waals surface area contributed by atoms with Crippen LogP contribution in [-0.4, -0.2) is 22.0 Å². The molecule has 0 unspecified atom stereocenters. The Balaban J connectivity index is 2.30.